The minimum absolute atomic E-state index is 0. The molecule has 2 fully saturated rings. The van der Waals surface area contributed by atoms with Crippen molar-refractivity contribution in [2.24, 2.45) is 23.5 Å². The number of nitrogens with zero attached hydrogens (tertiary/aromatic N) is 1. The quantitative estimate of drug-likeness (QED) is 0.842. The van der Waals surface area contributed by atoms with Gasteiger partial charge in [0, 0.05) is 31.7 Å². The highest BCUT2D eigenvalue weighted by molar-refractivity contribution is 5.85. The molecular formula is C17H33ClN2O2. The van der Waals surface area contributed by atoms with Crippen molar-refractivity contribution in [2.45, 2.75) is 71.1 Å². The van der Waals surface area contributed by atoms with Crippen LogP contribution in [0, 0.1) is 17.8 Å². The second kappa shape index (κ2) is 8.51. The number of nitrogens with two attached hydrogens (primary N) is 1. The first-order valence-electron chi connectivity index (χ1n) is 8.52. The fourth-order valence-electron chi connectivity index (χ4n) is 4.13. The Morgan fingerprint density at radius 2 is 1.77 bits per heavy atom. The van der Waals surface area contributed by atoms with Gasteiger partial charge in [-0.3, -0.25) is 4.79 Å². The van der Waals surface area contributed by atoms with E-state index < -0.39 is 0 Å². The van der Waals surface area contributed by atoms with Crippen LogP contribution in [0.2, 0.25) is 0 Å². The minimum atomic E-state index is 0. The molecule has 3 unspecified atom stereocenters. The highest BCUT2D eigenvalue weighted by atomic mass is 35.5. The lowest BCUT2D eigenvalue weighted by Gasteiger charge is -2.45. The fraction of sp³-hybridized carbons (Fsp3) is 0.941. The first-order chi connectivity index (χ1) is 9.93. The Labute approximate surface area is 141 Å². The summed E-state index contributed by atoms with van der Waals surface area (Å²) in [5.74, 6) is 1.60. The number of halogens is 1. The largest absolute Gasteiger partial charge is 0.380 e. The number of hydrogen-bond acceptors (Lipinski definition) is 3. The lowest BCUT2D eigenvalue weighted by atomic mass is 9.65. The van der Waals surface area contributed by atoms with Crippen LogP contribution in [0.5, 0.6) is 0 Å². The normalized spacial score (nSPS) is 32.3. The molecule has 1 amide bonds. The summed E-state index contributed by atoms with van der Waals surface area (Å²) < 4.78 is 5.35. The summed E-state index contributed by atoms with van der Waals surface area (Å²) in [6.07, 6.45) is 5.76. The third-order valence-electron chi connectivity index (χ3n) is 5.52. The summed E-state index contributed by atoms with van der Waals surface area (Å²) in [7, 11) is 1.71. The van der Waals surface area contributed by atoms with Crippen molar-refractivity contribution in [3.05, 3.63) is 0 Å². The van der Waals surface area contributed by atoms with Gasteiger partial charge in [0.05, 0.1) is 6.10 Å². The maximum absolute atomic E-state index is 13.0. The van der Waals surface area contributed by atoms with Crippen LogP contribution in [0.3, 0.4) is 0 Å². The number of carbonyl (C=O) groups is 1. The third-order valence-corrected chi connectivity index (χ3v) is 5.52. The molecule has 0 saturated heterocycles. The molecule has 0 radical (unpaired) electrons. The highest BCUT2D eigenvalue weighted by Crippen LogP contribution is 2.42. The van der Waals surface area contributed by atoms with Crippen LogP contribution in [0.15, 0.2) is 0 Å². The number of carbonyl (C=O) groups excluding carboxylic acids is 1. The molecule has 0 aromatic rings. The Morgan fingerprint density at radius 1 is 1.23 bits per heavy atom. The Bertz CT molecular complexity index is 351. The number of methoxy groups -OCH3 is 1. The Hall–Kier alpha value is -0.320. The first-order valence-corrected chi connectivity index (χ1v) is 8.52. The molecule has 0 spiro atoms. The average molecular weight is 333 g/mol. The van der Waals surface area contributed by atoms with E-state index in [-0.39, 0.29) is 30.5 Å². The zero-order valence-corrected chi connectivity index (χ0v) is 15.3. The van der Waals surface area contributed by atoms with Gasteiger partial charge in [-0.15, -0.1) is 12.4 Å². The molecule has 2 N–H and O–H groups in total. The SMILES string of the molecule is COC(C)CN(C(=O)C1CC2CCCC(C1)C2N)C(C)C.Cl. The van der Waals surface area contributed by atoms with Crippen LogP contribution in [-0.2, 0) is 9.53 Å². The van der Waals surface area contributed by atoms with E-state index in [9.17, 15) is 4.79 Å². The molecule has 22 heavy (non-hydrogen) atoms. The van der Waals surface area contributed by atoms with E-state index in [0.717, 1.165) is 12.8 Å². The molecule has 0 aliphatic heterocycles. The topological polar surface area (TPSA) is 55.6 Å². The van der Waals surface area contributed by atoms with Crippen LogP contribution in [0.25, 0.3) is 0 Å². The Balaban J connectivity index is 0.00000242. The molecule has 2 aliphatic carbocycles. The van der Waals surface area contributed by atoms with Gasteiger partial charge < -0.3 is 15.4 Å². The summed E-state index contributed by atoms with van der Waals surface area (Å²) in [5.41, 5.74) is 6.34. The number of fused-ring (bicyclic) bond motifs is 2. The summed E-state index contributed by atoms with van der Waals surface area (Å²) >= 11 is 0. The van der Waals surface area contributed by atoms with Crippen LogP contribution >= 0.6 is 12.4 Å². The summed E-state index contributed by atoms with van der Waals surface area (Å²) in [5, 5.41) is 0. The summed E-state index contributed by atoms with van der Waals surface area (Å²) in [6.45, 7) is 6.89. The van der Waals surface area contributed by atoms with Crippen molar-refractivity contribution < 1.29 is 9.53 Å². The van der Waals surface area contributed by atoms with Gasteiger partial charge in [0.2, 0.25) is 5.91 Å². The van der Waals surface area contributed by atoms with E-state index in [0.29, 0.717) is 30.3 Å². The second-order valence-electron chi connectivity index (χ2n) is 7.33. The number of amides is 1. The molecule has 2 aliphatic rings. The van der Waals surface area contributed by atoms with Crippen LogP contribution in [0.1, 0.15) is 52.9 Å². The van der Waals surface area contributed by atoms with E-state index in [4.69, 9.17) is 10.5 Å². The molecule has 2 rings (SSSR count). The molecular weight excluding hydrogens is 300 g/mol. The lowest BCUT2D eigenvalue weighted by molar-refractivity contribution is -0.142. The van der Waals surface area contributed by atoms with Gasteiger partial charge in [0.25, 0.3) is 0 Å². The van der Waals surface area contributed by atoms with Crippen molar-refractivity contribution in [2.75, 3.05) is 13.7 Å². The van der Waals surface area contributed by atoms with E-state index in [1.807, 2.05) is 11.8 Å². The lowest BCUT2D eigenvalue weighted by Crippen LogP contribution is -2.51. The maximum atomic E-state index is 13.0. The van der Waals surface area contributed by atoms with Gasteiger partial charge in [0.15, 0.2) is 0 Å². The van der Waals surface area contributed by atoms with Crippen molar-refractivity contribution in [1.29, 1.82) is 0 Å². The maximum Gasteiger partial charge on any atom is 0.226 e. The second-order valence-corrected chi connectivity index (χ2v) is 7.33. The molecule has 0 aromatic heterocycles. The minimum Gasteiger partial charge on any atom is -0.380 e. The molecule has 2 bridgehead atoms. The first kappa shape index (κ1) is 19.7. The van der Waals surface area contributed by atoms with Gasteiger partial charge in [-0.05, 0) is 58.3 Å². The number of hydrogen-bond donors (Lipinski definition) is 1. The number of rotatable bonds is 5. The van der Waals surface area contributed by atoms with Gasteiger partial charge >= 0.3 is 0 Å². The summed E-state index contributed by atoms with van der Waals surface area (Å²) in [6, 6.07) is 0.554. The van der Waals surface area contributed by atoms with Gasteiger partial charge in [0.1, 0.15) is 0 Å². The summed E-state index contributed by atoms with van der Waals surface area (Å²) in [4.78, 5) is 15.0. The van der Waals surface area contributed by atoms with Gasteiger partial charge in [-0.2, -0.15) is 0 Å². The monoisotopic (exact) mass is 332 g/mol. The van der Waals surface area contributed by atoms with Crippen molar-refractivity contribution in [1.82, 2.24) is 4.90 Å². The van der Waals surface area contributed by atoms with Crippen molar-refractivity contribution in [3.8, 4) is 0 Å². The van der Waals surface area contributed by atoms with Crippen LogP contribution < -0.4 is 5.73 Å². The van der Waals surface area contributed by atoms with Crippen molar-refractivity contribution in [3.63, 3.8) is 0 Å². The Kier molecular flexibility index (Phi) is 7.63. The zero-order valence-electron chi connectivity index (χ0n) is 14.5. The molecule has 2 saturated carbocycles. The fourth-order valence-corrected chi connectivity index (χ4v) is 4.13. The predicted molar refractivity (Wildman–Crippen MR) is 92.1 cm³/mol. The van der Waals surface area contributed by atoms with Crippen molar-refractivity contribution >= 4 is 18.3 Å². The zero-order chi connectivity index (χ0) is 15.6. The van der Waals surface area contributed by atoms with E-state index in [2.05, 4.69) is 13.8 Å². The smallest absolute Gasteiger partial charge is 0.226 e. The van der Waals surface area contributed by atoms with Crippen LogP contribution in [-0.4, -0.2) is 42.6 Å². The number of ether oxygens (including phenoxy) is 1. The molecule has 5 heteroatoms. The molecule has 4 nitrogen and oxygen atoms in total. The third kappa shape index (κ3) is 4.36. The highest BCUT2D eigenvalue weighted by Gasteiger charge is 2.42. The van der Waals surface area contributed by atoms with Gasteiger partial charge in [-0.1, -0.05) is 6.42 Å². The predicted octanol–water partition coefficient (Wildman–Crippen LogP) is 2.83. The molecule has 0 heterocycles. The van der Waals surface area contributed by atoms with Crippen LogP contribution in [0.4, 0.5) is 0 Å². The van der Waals surface area contributed by atoms with Gasteiger partial charge in [-0.25, -0.2) is 0 Å². The van der Waals surface area contributed by atoms with E-state index in [1.54, 1.807) is 7.11 Å². The Morgan fingerprint density at radius 3 is 2.23 bits per heavy atom. The molecule has 3 atom stereocenters. The standard InChI is InChI=1S/C17H32N2O2.ClH/c1-11(2)19(10-12(3)21-4)17(20)15-8-13-6-5-7-14(9-15)16(13)18;/h11-16H,5-10,18H2,1-4H3;1H. The average Bonchev–Trinajstić information content (AvgIpc) is 2.43. The molecule has 0 aromatic carbocycles. The van der Waals surface area contributed by atoms with E-state index >= 15 is 0 Å². The van der Waals surface area contributed by atoms with E-state index in [1.165, 1.54) is 19.3 Å². The molecule has 130 valence electrons.